The van der Waals surface area contributed by atoms with Gasteiger partial charge in [-0.2, -0.15) is 0 Å². The molecule has 0 aromatic heterocycles. The highest BCUT2D eigenvalue weighted by molar-refractivity contribution is 5.95. The van der Waals surface area contributed by atoms with Crippen LogP contribution in [-0.2, 0) is 20.0 Å². The highest BCUT2D eigenvalue weighted by Crippen LogP contribution is 2.22. The normalized spacial score (nSPS) is 12.3. The van der Waals surface area contributed by atoms with Crippen molar-refractivity contribution in [2.75, 3.05) is 13.1 Å². The van der Waals surface area contributed by atoms with E-state index in [0.717, 1.165) is 0 Å². The summed E-state index contributed by atoms with van der Waals surface area (Å²) in [5, 5.41) is 45.9. The number of carboxylic acids is 3. The summed E-state index contributed by atoms with van der Waals surface area (Å²) in [5.41, 5.74) is 9.06. The van der Waals surface area contributed by atoms with E-state index in [4.69, 9.17) is 31.9 Å². The van der Waals surface area contributed by atoms with Crippen molar-refractivity contribution in [3.8, 4) is 5.75 Å². The number of amides is 1. The van der Waals surface area contributed by atoms with E-state index >= 15 is 0 Å². The molecule has 0 heterocycles. The summed E-state index contributed by atoms with van der Waals surface area (Å²) < 4.78 is 0. The summed E-state index contributed by atoms with van der Waals surface area (Å²) in [7, 11) is 0. The number of aliphatic hydroxyl groups is 1. The largest absolute Gasteiger partial charge is 0.508 e. The molecular weight excluding hydrogens is 462 g/mol. The fraction of sp³-hybridized carbons (Fsp3) is 0.304. The van der Waals surface area contributed by atoms with Crippen LogP contribution in [0.3, 0.4) is 0 Å². The molecule has 0 spiro atoms. The number of carbonyl (C=O) groups excluding carboxylic acids is 1. The number of rotatable bonds is 9. The lowest BCUT2D eigenvalue weighted by Crippen LogP contribution is -2.31. The van der Waals surface area contributed by atoms with Gasteiger partial charge in [0.2, 0.25) is 0 Å². The third-order valence-electron chi connectivity index (χ3n) is 4.32. The van der Waals surface area contributed by atoms with Crippen molar-refractivity contribution in [1.29, 1.82) is 0 Å². The first-order valence-corrected chi connectivity index (χ1v) is 10.3. The van der Waals surface area contributed by atoms with Gasteiger partial charge in [-0.25, -0.2) is 4.79 Å². The van der Waals surface area contributed by atoms with E-state index in [2.05, 4.69) is 5.32 Å². The van der Waals surface area contributed by atoms with Crippen LogP contribution >= 0.6 is 0 Å². The van der Waals surface area contributed by atoms with Crippen LogP contribution in [0.1, 0.15) is 35.7 Å². The zero-order chi connectivity index (χ0) is 27.0. The minimum absolute atomic E-state index is 0.0324. The number of hydrogen-bond acceptors (Lipinski definition) is 8. The topological polar surface area (TPSA) is 233 Å². The Balaban J connectivity index is 0.000000506. The van der Waals surface area contributed by atoms with Gasteiger partial charge in [0.1, 0.15) is 18.3 Å². The van der Waals surface area contributed by atoms with E-state index in [1.165, 1.54) is 31.2 Å². The lowest BCUT2D eigenvalue weighted by atomic mass is 9.96. The van der Waals surface area contributed by atoms with Gasteiger partial charge in [-0.15, -0.1) is 0 Å². The maximum Gasteiger partial charge on any atom is 0.340 e. The number of carbonyl (C=O) groups is 4. The predicted octanol–water partition coefficient (Wildman–Crippen LogP) is 0.323. The minimum atomic E-state index is -1.91. The predicted molar refractivity (Wildman–Crippen MR) is 126 cm³/mol. The maximum atomic E-state index is 11.2. The third kappa shape index (κ3) is 12.7. The highest BCUT2D eigenvalue weighted by Gasteiger charge is 2.31. The smallest absolute Gasteiger partial charge is 0.340 e. The Morgan fingerprint density at radius 1 is 0.971 bits per heavy atom. The molecule has 2 aromatic rings. The lowest BCUT2D eigenvalue weighted by Gasteiger charge is -2.17. The number of aromatic hydroxyl groups is 1. The molecule has 0 saturated carbocycles. The second-order valence-corrected chi connectivity index (χ2v) is 7.24. The Bertz CT molecular complexity index is 948. The Hall–Kier alpha value is -4.00. The first-order valence-electron chi connectivity index (χ1n) is 10.3. The Morgan fingerprint density at radius 3 is 1.94 bits per heavy atom. The number of phenolic OH excluding ortho intramolecular Hbond substituents is 1. The number of aliphatic carboxylic acids is 3. The molecule has 2 atom stereocenters. The van der Waals surface area contributed by atoms with E-state index in [0.29, 0.717) is 24.9 Å². The highest BCUT2D eigenvalue weighted by atomic mass is 16.4. The van der Waals surface area contributed by atoms with Gasteiger partial charge in [0.15, 0.2) is 5.60 Å². The molecule has 12 heteroatoms. The standard InChI is InChI=1S/C9H9NO3.C9H10O4.C5H12N2O2/c11-8(12)6-10-9(13)7-4-2-1-3-5-7;1-9(13,8(11)12)6-2-4-7(10)5-3-6;6-3-1-2-4(7)5(8)9/h1-5H,6H2,(H,10,13)(H,11,12);2-5,10,13H,1H3,(H,11,12);4H,1-3,6-7H2,(H,8,9). The van der Waals surface area contributed by atoms with Gasteiger partial charge in [-0.05, 0) is 56.1 Å². The molecule has 0 saturated heterocycles. The SMILES string of the molecule is CC(O)(C(=O)O)c1ccc(O)cc1.NCCCC(N)C(=O)O.O=C(O)CNC(=O)c1ccccc1. The summed E-state index contributed by atoms with van der Waals surface area (Å²) in [6, 6.07) is 13.1. The van der Waals surface area contributed by atoms with Gasteiger partial charge >= 0.3 is 17.9 Å². The van der Waals surface area contributed by atoms with Gasteiger partial charge in [0, 0.05) is 5.56 Å². The van der Waals surface area contributed by atoms with E-state index in [9.17, 15) is 24.3 Å². The van der Waals surface area contributed by atoms with Crippen LogP contribution in [0.25, 0.3) is 0 Å². The molecular formula is C23H31N3O9. The van der Waals surface area contributed by atoms with Crippen molar-refractivity contribution in [2.24, 2.45) is 11.5 Å². The monoisotopic (exact) mass is 493 g/mol. The zero-order valence-electron chi connectivity index (χ0n) is 19.1. The summed E-state index contributed by atoms with van der Waals surface area (Å²) in [6.45, 7) is 1.33. The van der Waals surface area contributed by atoms with Crippen molar-refractivity contribution >= 4 is 23.8 Å². The molecule has 1 amide bonds. The van der Waals surface area contributed by atoms with E-state index < -0.39 is 29.6 Å². The molecule has 10 N–H and O–H groups in total. The van der Waals surface area contributed by atoms with Crippen molar-refractivity contribution in [3.05, 3.63) is 65.7 Å². The molecule has 2 rings (SSSR count). The average Bonchev–Trinajstić information content (AvgIpc) is 2.82. The Morgan fingerprint density at radius 2 is 1.51 bits per heavy atom. The van der Waals surface area contributed by atoms with E-state index in [1.807, 2.05) is 0 Å². The zero-order valence-corrected chi connectivity index (χ0v) is 19.1. The fourth-order valence-corrected chi connectivity index (χ4v) is 2.22. The van der Waals surface area contributed by atoms with Crippen LogP contribution in [0, 0.1) is 0 Å². The summed E-state index contributed by atoms with van der Waals surface area (Å²) >= 11 is 0. The molecule has 2 unspecified atom stereocenters. The molecule has 12 nitrogen and oxygen atoms in total. The molecule has 0 fully saturated rings. The fourth-order valence-electron chi connectivity index (χ4n) is 2.22. The third-order valence-corrected chi connectivity index (χ3v) is 4.32. The first-order chi connectivity index (χ1) is 16.3. The van der Waals surface area contributed by atoms with Crippen molar-refractivity contribution in [1.82, 2.24) is 5.32 Å². The van der Waals surface area contributed by atoms with E-state index in [-0.39, 0.29) is 23.8 Å². The number of nitrogens with one attached hydrogen (secondary N) is 1. The summed E-state index contributed by atoms with van der Waals surface area (Å²) in [6.07, 6.45) is 1.14. The lowest BCUT2D eigenvalue weighted by molar-refractivity contribution is -0.157. The van der Waals surface area contributed by atoms with Gasteiger partial charge < -0.3 is 42.3 Å². The summed E-state index contributed by atoms with van der Waals surface area (Å²) in [4.78, 5) is 41.9. The molecule has 0 radical (unpaired) electrons. The van der Waals surface area contributed by atoms with Crippen molar-refractivity contribution < 1.29 is 44.7 Å². The van der Waals surface area contributed by atoms with Crippen molar-refractivity contribution in [3.63, 3.8) is 0 Å². The summed E-state index contributed by atoms with van der Waals surface area (Å²) in [5.74, 6) is -3.67. The molecule has 35 heavy (non-hydrogen) atoms. The van der Waals surface area contributed by atoms with Crippen molar-refractivity contribution in [2.45, 2.75) is 31.4 Å². The quantitative estimate of drug-likeness (QED) is 0.237. The molecule has 0 aliphatic carbocycles. The Kier molecular flexibility index (Phi) is 14.0. The minimum Gasteiger partial charge on any atom is -0.508 e. The Labute approximate surface area is 201 Å². The molecule has 2 aromatic carbocycles. The van der Waals surface area contributed by atoms with Gasteiger partial charge in [-0.1, -0.05) is 30.3 Å². The van der Waals surface area contributed by atoms with Crippen LogP contribution in [0.15, 0.2) is 54.6 Å². The number of benzene rings is 2. The van der Waals surface area contributed by atoms with Crippen LogP contribution in [0.5, 0.6) is 5.75 Å². The number of nitrogens with two attached hydrogens (primary N) is 2. The van der Waals surface area contributed by atoms with Gasteiger partial charge in [0.25, 0.3) is 5.91 Å². The van der Waals surface area contributed by atoms with Gasteiger partial charge in [-0.3, -0.25) is 14.4 Å². The first kappa shape index (κ1) is 31.0. The van der Waals surface area contributed by atoms with E-state index in [1.54, 1.807) is 30.3 Å². The van der Waals surface area contributed by atoms with Crippen LogP contribution in [0.4, 0.5) is 0 Å². The van der Waals surface area contributed by atoms with Gasteiger partial charge in [0.05, 0.1) is 0 Å². The molecule has 0 aliphatic heterocycles. The van der Waals surface area contributed by atoms with Crippen LogP contribution < -0.4 is 16.8 Å². The second kappa shape index (κ2) is 15.8. The number of carboxylic acid groups (broad SMARTS) is 3. The molecule has 0 aliphatic rings. The number of hydrogen-bond donors (Lipinski definition) is 8. The van der Waals surface area contributed by atoms with Crippen LogP contribution in [0.2, 0.25) is 0 Å². The molecule has 192 valence electrons. The molecule has 0 bridgehead atoms. The van der Waals surface area contributed by atoms with Crippen LogP contribution in [-0.4, -0.2) is 68.5 Å². The second-order valence-electron chi connectivity index (χ2n) is 7.24. The average molecular weight is 494 g/mol. The number of phenols is 1. The maximum absolute atomic E-state index is 11.2.